The molecule has 0 fully saturated rings. The monoisotopic (exact) mass is 449 g/mol. The van der Waals surface area contributed by atoms with Crippen molar-refractivity contribution < 1.29 is 9.53 Å². The van der Waals surface area contributed by atoms with Crippen LogP contribution in [-0.4, -0.2) is 22.1 Å². The Morgan fingerprint density at radius 1 is 1.14 bits per heavy atom. The lowest BCUT2D eigenvalue weighted by Gasteiger charge is -2.16. The van der Waals surface area contributed by atoms with Gasteiger partial charge in [-0.2, -0.15) is 0 Å². The molecule has 0 aliphatic heterocycles. The number of amides is 1. The summed E-state index contributed by atoms with van der Waals surface area (Å²) in [5.74, 6) is 0.479. The first kappa shape index (κ1) is 19.2. The van der Waals surface area contributed by atoms with Crippen LogP contribution in [0.2, 0.25) is 0 Å². The maximum absolute atomic E-state index is 12.4. The third-order valence-electron chi connectivity index (χ3n) is 4.76. The lowest BCUT2D eigenvalue weighted by Crippen LogP contribution is -2.31. The Balaban J connectivity index is 1.36. The van der Waals surface area contributed by atoms with Gasteiger partial charge in [-0.05, 0) is 57.4 Å². The second kappa shape index (κ2) is 8.49. The third-order valence-corrected chi connectivity index (χ3v) is 5.58. The molecular formula is C23H20BrN3O2. The van der Waals surface area contributed by atoms with Gasteiger partial charge in [0.25, 0.3) is 5.91 Å². The standard InChI is InChI=1S/C23H20BrN3O2/c1-16(17-6-9-19(10-7-17)27-13-12-25-15-27)26-22(28)14-29-21-11-8-18-4-2-3-5-20(18)23(21)24/h2-13,15-16H,14H2,1H3,(H,26,28). The Morgan fingerprint density at radius 3 is 2.69 bits per heavy atom. The van der Waals surface area contributed by atoms with E-state index in [0.29, 0.717) is 5.75 Å². The molecule has 1 amide bonds. The van der Waals surface area contributed by atoms with E-state index < -0.39 is 0 Å². The zero-order valence-electron chi connectivity index (χ0n) is 15.9. The quantitative estimate of drug-likeness (QED) is 0.448. The molecule has 1 heterocycles. The minimum Gasteiger partial charge on any atom is -0.483 e. The highest BCUT2D eigenvalue weighted by Gasteiger charge is 2.12. The summed E-state index contributed by atoms with van der Waals surface area (Å²) >= 11 is 3.58. The number of rotatable bonds is 6. The van der Waals surface area contributed by atoms with Crippen LogP contribution in [0.4, 0.5) is 0 Å². The molecule has 0 aliphatic rings. The molecule has 6 heteroatoms. The van der Waals surface area contributed by atoms with E-state index in [1.54, 1.807) is 12.5 Å². The first-order chi connectivity index (χ1) is 14.1. The fourth-order valence-corrected chi connectivity index (χ4v) is 3.79. The second-order valence-electron chi connectivity index (χ2n) is 6.74. The SMILES string of the molecule is CC(NC(=O)COc1ccc2ccccc2c1Br)c1ccc(-n2ccnc2)cc1. The van der Waals surface area contributed by atoms with Crippen molar-refractivity contribution in [3.05, 3.63) is 89.4 Å². The summed E-state index contributed by atoms with van der Waals surface area (Å²) < 4.78 is 8.53. The maximum atomic E-state index is 12.4. The van der Waals surface area contributed by atoms with Crippen molar-refractivity contribution in [1.82, 2.24) is 14.9 Å². The molecule has 1 atom stereocenters. The second-order valence-corrected chi connectivity index (χ2v) is 7.53. The molecule has 0 saturated carbocycles. The topological polar surface area (TPSA) is 56.1 Å². The van der Waals surface area contributed by atoms with Crippen LogP contribution in [0, 0.1) is 0 Å². The van der Waals surface area contributed by atoms with E-state index >= 15 is 0 Å². The highest BCUT2D eigenvalue weighted by molar-refractivity contribution is 9.10. The number of halogens is 1. The first-order valence-corrected chi connectivity index (χ1v) is 10.1. The van der Waals surface area contributed by atoms with Crippen molar-refractivity contribution in [2.45, 2.75) is 13.0 Å². The summed E-state index contributed by atoms with van der Waals surface area (Å²) in [7, 11) is 0. The maximum Gasteiger partial charge on any atom is 0.258 e. The van der Waals surface area contributed by atoms with Crippen molar-refractivity contribution in [1.29, 1.82) is 0 Å². The Hall–Kier alpha value is -3.12. The summed E-state index contributed by atoms with van der Waals surface area (Å²) in [5, 5.41) is 5.15. The summed E-state index contributed by atoms with van der Waals surface area (Å²) in [6, 6.07) is 19.8. The summed E-state index contributed by atoms with van der Waals surface area (Å²) in [6.45, 7) is 1.91. The molecule has 4 rings (SSSR count). The van der Waals surface area contributed by atoms with Gasteiger partial charge in [-0.15, -0.1) is 0 Å². The normalized spacial score (nSPS) is 11.9. The number of fused-ring (bicyclic) bond motifs is 1. The largest absolute Gasteiger partial charge is 0.483 e. The number of nitrogens with zero attached hydrogens (tertiary/aromatic N) is 2. The molecule has 1 unspecified atom stereocenters. The van der Waals surface area contributed by atoms with Crippen molar-refractivity contribution in [3.63, 3.8) is 0 Å². The number of ether oxygens (including phenoxy) is 1. The van der Waals surface area contributed by atoms with E-state index in [9.17, 15) is 4.79 Å². The number of benzene rings is 3. The number of hydrogen-bond acceptors (Lipinski definition) is 3. The van der Waals surface area contributed by atoms with Gasteiger partial charge < -0.3 is 14.6 Å². The lowest BCUT2D eigenvalue weighted by molar-refractivity contribution is -0.123. The average molecular weight is 450 g/mol. The molecular weight excluding hydrogens is 430 g/mol. The minimum atomic E-state index is -0.170. The zero-order chi connectivity index (χ0) is 20.2. The van der Waals surface area contributed by atoms with Crippen LogP contribution in [0.5, 0.6) is 5.75 Å². The summed E-state index contributed by atoms with van der Waals surface area (Å²) in [5.41, 5.74) is 2.04. The fourth-order valence-electron chi connectivity index (χ4n) is 3.18. The van der Waals surface area contributed by atoms with Crippen molar-refractivity contribution in [3.8, 4) is 11.4 Å². The van der Waals surface area contributed by atoms with Crippen LogP contribution in [0.1, 0.15) is 18.5 Å². The molecule has 1 N–H and O–H groups in total. The van der Waals surface area contributed by atoms with E-state index in [1.165, 1.54) is 0 Å². The van der Waals surface area contributed by atoms with Gasteiger partial charge in [-0.25, -0.2) is 4.98 Å². The van der Waals surface area contributed by atoms with E-state index in [0.717, 1.165) is 26.5 Å². The molecule has 0 spiro atoms. The molecule has 29 heavy (non-hydrogen) atoms. The van der Waals surface area contributed by atoms with Gasteiger partial charge in [0, 0.05) is 18.1 Å². The van der Waals surface area contributed by atoms with Gasteiger partial charge in [-0.3, -0.25) is 4.79 Å². The molecule has 0 saturated heterocycles. The molecule has 0 aliphatic carbocycles. The minimum absolute atomic E-state index is 0.0472. The predicted molar refractivity (Wildman–Crippen MR) is 117 cm³/mol. The van der Waals surface area contributed by atoms with Gasteiger partial charge in [0.05, 0.1) is 16.8 Å². The number of hydrogen-bond donors (Lipinski definition) is 1. The molecule has 5 nitrogen and oxygen atoms in total. The lowest BCUT2D eigenvalue weighted by atomic mass is 10.1. The van der Waals surface area contributed by atoms with Crippen LogP contribution in [0.25, 0.3) is 16.5 Å². The molecule has 1 aromatic heterocycles. The van der Waals surface area contributed by atoms with Gasteiger partial charge in [0.1, 0.15) is 5.75 Å². The zero-order valence-corrected chi connectivity index (χ0v) is 17.5. The Morgan fingerprint density at radius 2 is 1.93 bits per heavy atom. The van der Waals surface area contributed by atoms with Crippen molar-refractivity contribution >= 4 is 32.6 Å². The van der Waals surface area contributed by atoms with Gasteiger partial charge in [0.2, 0.25) is 0 Å². The van der Waals surface area contributed by atoms with E-state index in [1.807, 2.05) is 78.4 Å². The summed E-state index contributed by atoms with van der Waals surface area (Å²) in [4.78, 5) is 16.4. The van der Waals surface area contributed by atoms with Crippen LogP contribution in [0.15, 0.2) is 83.9 Å². The van der Waals surface area contributed by atoms with Crippen LogP contribution in [-0.2, 0) is 4.79 Å². The number of nitrogens with one attached hydrogen (secondary N) is 1. The van der Waals surface area contributed by atoms with Crippen molar-refractivity contribution in [2.75, 3.05) is 6.61 Å². The van der Waals surface area contributed by atoms with Crippen LogP contribution >= 0.6 is 15.9 Å². The number of carbonyl (C=O) groups excluding carboxylic acids is 1. The summed E-state index contributed by atoms with van der Waals surface area (Å²) in [6.07, 6.45) is 5.38. The average Bonchev–Trinajstić information content (AvgIpc) is 3.28. The van der Waals surface area contributed by atoms with Crippen LogP contribution in [0.3, 0.4) is 0 Å². The smallest absolute Gasteiger partial charge is 0.258 e. The molecule has 0 bridgehead atoms. The highest BCUT2D eigenvalue weighted by atomic mass is 79.9. The number of carbonyl (C=O) groups is 1. The Labute approximate surface area is 177 Å². The molecule has 0 radical (unpaired) electrons. The van der Waals surface area contributed by atoms with E-state index in [2.05, 4.69) is 26.2 Å². The third kappa shape index (κ3) is 4.32. The molecule has 4 aromatic rings. The van der Waals surface area contributed by atoms with E-state index in [4.69, 9.17) is 4.74 Å². The number of aromatic nitrogens is 2. The number of imidazole rings is 1. The van der Waals surface area contributed by atoms with E-state index in [-0.39, 0.29) is 18.6 Å². The van der Waals surface area contributed by atoms with Gasteiger partial charge in [-0.1, -0.05) is 42.5 Å². The Kier molecular flexibility index (Phi) is 5.62. The predicted octanol–water partition coefficient (Wildman–Crippen LogP) is 5.04. The Bertz CT molecular complexity index is 1120. The fraction of sp³-hybridized carbons (Fsp3) is 0.130. The molecule has 3 aromatic carbocycles. The first-order valence-electron chi connectivity index (χ1n) is 9.29. The van der Waals surface area contributed by atoms with Gasteiger partial charge in [0.15, 0.2) is 6.61 Å². The van der Waals surface area contributed by atoms with Crippen molar-refractivity contribution in [2.24, 2.45) is 0 Å². The van der Waals surface area contributed by atoms with Gasteiger partial charge >= 0.3 is 0 Å². The van der Waals surface area contributed by atoms with Crippen LogP contribution < -0.4 is 10.1 Å². The highest BCUT2D eigenvalue weighted by Crippen LogP contribution is 2.33. The molecule has 146 valence electrons.